The molecule has 0 amide bonds. The molecular weight excluding hydrogens is 396 g/mol. The van der Waals surface area contributed by atoms with Crippen LogP contribution in [0.3, 0.4) is 0 Å². The van der Waals surface area contributed by atoms with E-state index in [0.717, 1.165) is 0 Å². The van der Waals surface area contributed by atoms with Crippen LogP contribution in [0.5, 0.6) is 0 Å². The summed E-state index contributed by atoms with van der Waals surface area (Å²) < 4.78 is 34.5. The van der Waals surface area contributed by atoms with E-state index < -0.39 is 20.1 Å². The molecule has 8 heteroatoms. The Kier molecular flexibility index (Phi) is 33.1. The Morgan fingerprint density at radius 2 is 0.750 bits per heavy atom. The molecule has 0 bridgehead atoms. The van der Waals surface area contributed by atoms with Gasteiger partial charge in [0.25, 0.3) is 0 Å². The van der Waals surface area contributed by atoms with Gasteiger partial charge in [0, 0.05) is 0 Å². The molecule has 0 saturated heterocycles. The summed E-state index contributed by atoms with van der Waals surface area (Å²) in [6.07, 6.45) is 0. The molecule has 0 rings (SSSR count). The van der Waals surface area contributed by atoms with Gasteiger partial charge in [-0.1, -0.05) is 0 Å². The molecule has 0 aromatic heterocycles. The Morgan fingerprint density at radius 1 is 0.750 bits per heavy atom. The van der Waals surface area contributed by atoms with Crippen LogP contribution >= 0.6 is 0 Å². The molecule has 0 aliphatic heterocycles. The maximum atomic E-state index is 8.62. The van der Waals surface area contributed by atoms with Gasteiger partial charge < -0.3 is 24.0 Å². The van der Waals surface area contributed by atoms with Gasteiger partial charge in [0.1, 0.15) is 20.1 Å². The van der Waals surface area contributed by atoms with Crippen LogP contribution in [0.15, 0.2) is 0 Å². The maximum absolute atomic E-state index is 8.62. The van der Waals surface area contributed by atoms with E-state index in [1.165, 1.54) is 0 Å². The van der Waals surface area contributed by atoms with Crippen LogP contribution in [0.1, 0.15) is 0 Å². The quantitative estimate of drug-likeness (QED) is 0.301. The fourth-order valence-electron chi connectivity index (χ4n) is 0. The molecule has 0 saturated carbocycles. The molecule has 4 nitrogen and oxygen atoms in total. The number of halogens is 2. The summed E-state index contributed by atoms with van der Waals surface area (Å²) in [5.41, 5.74) is 0. The summed E-state index contributed by atoms with van der Waals surface area (Å²) >= 11 is -5.94. The van der Waals surface area contributed by atoms with Crippen molar-refractivity contribution < 1.29 is 161 Å². The van der Waals surface area contributed by atoms with Crippen molar-refractivity contribution >= 4 is 0 Å². The van der Waals surface area contributed by atoms with Crippen molar-refractivity contribution in [1.82, 2.24) is 0 Å². The Labute approximate surface area is 155 Å². The van der Waals surface area contributed by atoms with Crippen molar-refractivity contribution in [3.05, 3.63) is 0 Å². The minimum Gasteiger partial charge on any atom is -1.00 e. The third-order valence-corrected chi connectivity index (χ3v) is 0. The van der Waals surface area contributed by atoms with Crippen molar-refractivity contribution in [3.8, 4) is 0 Å². The molecule has 8 heavy (non-hydrogen) atoms. The van der Waals surface area contributed by atoms with Gasteiger partial charge in [-0.2, -0.15) is 0 Å². The van der Waals surface area contributed by atoms with Crippen LogP contribution in [-0.4, -0.2) is 0 Å². The fourth-order valence-corrected chi connectivity index (χ4v) is 0. The molecule has 0 aliphatic carbocycles. The number of rotatable bonds is 0. The van der Waals surface area contributed by atoms with Crippen LogP contribution < -0.4 is 161 Å². The second kappa shape index (κ2) is 11.6. The topological polar surface area (TPSA) is 92.2 Å². The monoisotopic (exact) mass is 396 g/mol. The zero-order valence-electron chi connectivity index (χ0n) is 4.39. The first-order chi connectivity index (χ1) is 2.00. The Hall–Kier alpha value is 4.57. The van der Waals surface area contributed by atoms with Crippen molar-refractivity contribution in [1.29, 1.82) is 0 Å². The van der Waals surface area contributed by atoms with Gasteiger partial charge in [0.05, 0.1) is 0 Å². The van der Waals surface area contributed by atoms with E-state index >= 15 is 0 Å². The van der Waals surface area contributed by atoms with E-state index in [0.29, 0.717) is 0 Å². The van der Waals surface area contributed by atoms with Crippen LogP contribution in [0.25, 0.3) is 0 Å². The summed E-state index contributed by atoms with van der Waals surface area (Å²) in [6.45, 7) is 0. The molecule has 0 heterocycles. The van der Waals surface area contributed by atoms with E-state index in [2.05, 4.69) is 0 Å². The van der Waals surface area contributed by atoms with Crippen molar-refractivity contribution in [3.63, 3.8) is 0 Å². The van der Waals surface area contributed by atoms with Crippen LogP contribution in [0.2, 0.25) is 0 Å². The molecule has 0 radical (unpaired) electrons. The van der Waals surface area contributed by atoms with Gasteiger partial charge >= 0.3 is 103 Å². The molecule has 0 aromatic carbocycles. The van der Waals surface area contributed by atoms with E-state index in [9.17, 15) is 0 Å². The van der Waals surface area contributed by atoms with Gasteiger partial charge in [-0.05, 0) is 0 Å². The second-order valence-corrected chi connectivity index (χ2v) is 2.54. The first-order valence-electron chi connectivity index (χ1n) is 0.617. The van der Waals surface area contributed by atoms with Gasteiger partial charge in [-0.3, -0.25) is 13.7 Å². The maximum Gasteiger partial charge on any atom is 1.00 e. The summed E-state index contributed by atoms with van der Waals surface area (Å²) in [7, 11) is 0. The summed E-state index contributed by atoms with van der Waals surface area (Å²) in [5.74, 6) is 0. The Morgan fingerprint density at radius 3 is 0.750 bits per heavy atom. The second-order valence-electron chi connectivity index (χ2n) is 0.378. The third-order valence-electron chi connectivity index (χ3n) is 0. The molecule has 0 atom stereocenters. The first-order valence-corrected chi connectivity index (χ1v) is 4.14. The average Bonchev–Trinajstić information content (AvgIpc) is 0.722. The predicted octanol–water partition coefficient (Wildman–Crippen LogP) is -16.7. The number of hydrogen-bond acceptors (Lipinski definition) is 4. The predicted molar refractivity (Wildman–Crippen MR) is 0 cm³/mol. The molecule has 40 valence electrons. The summed E-state index contributed by atoms with van der Waals surface area (Å²) in [4.78, 5) is 0. The first kappa shape index (κ1) is 22.9. The molecule has 0 aromatic rings. The van der Waals surface area contributed by atoms with E-state index in [1.54, 1.807) is 0 Å². The minimum atomic E-state index is -5.94. The Bertz CT molecular complexity index is 27.5. The summed E-state index contributed by atoms with van der Waals surface area (Å²) in [5, 5.41) is 0. The molecule has 0 fully saturated rings. The van der Waals surface area contributed by atoms with E-state index in [-0.39, 0.29) is 127 Å². The van der Waals surface area contributed by atoms with Crippen molar-refractivity contribution in [2.45, 2.75) is 0 Å². The van der Waals surface area contributed by atoms with Crippen molar-refractivity contribution in [2.75, 3.05) is 0 Å². The normalized spacial score (nSPS) is 7.50. The van der Waals surface area contributed by atoms with Crippen LogP contribution in [0, 0.1) is 0 Å². The fraction of sp³-hybridized carbons (Fsp3) is 0. The van der Waals surface area contributed by atoms with E-state index in [4.69, 9.17) is 13.7 Å². The number of hydrogen-bond donors (Lipinski definition) is 0. The smallest absolute Gasteiger partial charge is 1.00 e. The zero-order chi connectivity index (χ0) is 4.50. The molecular formula is I2K2O4. The van der Waals surface area contributed by atoms with Gasteiger partial charge in [-0.15, -0.1) is 0 Å². The molecule has 0 aliphatic rings. The third kappa shape index (κ3) is 46.3. The standard InChI is InChI=1S/IO4.HI.2K/c2-1(3,4)5;;;/h;1H;;/q-1;;2*+1/p-1. The minimum absolute atomic E-state index is 0. The van der Waals surface area contributed by atoms with Crippen LogP contribution in [0.4, 0.5) is 0 Å². The zero-order valence-corrected chi connectivity index (χ0v) is 15.0. The average molecular weight is 396 g/mol. The molecule has 0 spiro atoms. The van der Waals surface area contributed by atoms with E-state index in [1.807, 2.05) is 0 Å². The SMILES string of the molecule is [I-].[K+].[K+].[O-][I+3]([O-])([O-])[O-]. The largest absolute Gasteiger partial charge is 1.00 e. The van der Waals surface area contributed by atoms with Gasteiger partial charge in [0.15, 0.2) is 0 Å². The van der Waals surface area contributed by atoms with Gasteiger partial charge in [-0.25, -0.2) is 0 Å². The Balaban J connectivity index is -0.0000000267. The summed E-state index contributed by atoms with van der Waals surface area (Å²) in [6, 6.07) is 0. The van der Waals surface area contributed by atoms with Crippen LogP contribution in [-0.2, 0) is 0 Å². The molecule has 0 N–H and O–H groups in total. The molecule has 0 unspecified atom stereocenters. The van der Waals surface area contributed by atoms with Gasteiger partial charge in [0.2, 0.25) is 0 Å². The van der Waals surface area contributed by atoms with Crippen molar-refractivity contribution in [2.24, 2.45) is 0 Å².